The quantitative estimate of drug-likeness (QED) is 0.815. The maximum absolute atomic E-state index is 13.8. The van der Waals surface area contributed by atoms with Gasteiger partial charge >= 0.3 is 0 Å². The molecule has 0 heterocycles. The molecule has 0 saturated carbocycles. The average molecular weight is 314 g/mol. The highest BCUT2D eigenvalue weighted by molar-refractivity contribution is 5.60. The molecule has 0 amide bonds. The summed E-state index contributed by atoms with van der Waals surface area (Å²) < 4.78 is 24.4. The summed E-state index contributed by atoms with van der Waals surface area (Å²) in [5.41, 5.74) is 1.64. The third kappa shape index (κ3) is 3.54. The summed E-state index contributed by atoms with van der Waals surface area (Å²) in [7, 11) is 3.17. The molecule has 2 aromatic rings. The van der Waals surface area contributed by atoms with Crippen LogP contribution in [0.4, 0.5) is 10.1 Å². The van der Waals surface area contributed by atoms with Gasteiger partial charge in [0.25, 0.3) is 0 Å². The number of halogens is 1. The smallest absolute Gasteiger partial charge is 0.161 e. The molecule has 2 rings (SSSR count). The Morgan fingerprint density at radius 1 is 1.13 bits per heavy atom. The van der Waals surface area contributed by atoms with Crippen LogP contribution in [0.2, 0.25) is 0 Å². The van der Waals surface area contributed by atoms with Crippen LogP contribution in [0.1, 0.15) is 18.1 Å². The molecule has 0 atom stereocenters. The van der Waals surface area contributed by atoms with E-state index in [0.29, 0.717) is 30.3 Å². The van der Waals surface area contributed by atoms with Gasteiger partial charge in [-0.05, 0) is 36.8 Å². The van der Waals surface area contributed by atoms with Crippen molar-refractivity contribution in [2.75, 3.05) is 25.7 Å². The second-order valence-electron chi connectivity index (χ2n) is 4.95. The number of hydrogen-bond donors (Lipinski definition) is 0. The van der Waals surface area contributed by atoms with Gasteiger partial charge in [0, 0.05) is 13.1 Å². The maximum atomic E-state index is 13.8. The first-order valence-corrected chi connectivity index (χ1v) is 7.29. The van der Waals surface area contributed by atoms with Crippen molar-refractivity contribution < 1.29 is 13.9 Å². The van der Waals surface area contributed by atoms with E-state index in [0.717, 1.165) is 5.56 Å². The summed E-state index contributed by atoms with van der Waals surface area (Å²) in [5.74, 6) is 0.791. The normalized spacial score (nSPS) is 10.0. The predicted molar refractivity (Wildman–Crippen MR) is 87.4 cm³/mol. The summed E-state index contributed by atoms with van der Waals surface area (Å²) >= 11 is 0. The summed E-state index contributed by atoms with van der Waals surface area (Å²) in [6.45, 7) is 3.15. The third-order valence-electron chi connectivity index (χ3n) is 3.65. The molecule has 0 aliphatic rings. The van der Waals surface area contributed by atoms with Gasteiger partial charge in [0.15, 0.2) is 11.5 Å². The van der Waals surface area contributed by atoms with E-state index in [1.807, 2.05) is 36.1 Å². The number of nitrogens with zero attached hydrogens (tertiary/aromatic N) is 2. The van der Waals surface area contributed by atoms with E-state index in [9.17, 15) is 9.65 Å². The Bertz CT molecular complexity index is 725. The Balaban J connectivity index is 2.34. The lowest BCUT2D eigenvalue weighted by molar-refractivity contribution is 0.354. The van der Waals surface area contributed by atoms with Crippen LogP contribution in [-0.2, 0) is 6.54 Å². The van der Waals surface area contributed by atoms with Crippen LogP contribution < -0.4 is 14.4 Å². The molecule has 0 N–H and O–H groups in total. The van der Waals surface area contributed by atoms with E-state index >= 15 is 0 Å². The highest BCUT2D eigenvalue weighted by Gasteiger charge is 2.15. The molecule has 0 saturated heterocycles. The lowest BCUT2D eigenvalue weighted by Crippen LogP contribution is -2.23. The van der Waals surface area contributed by atoms with Crippen molar-refractivity contribution >= 4 is 5.69 Å². The molecule has 0 radical (unpaired) electrons. The molecule has 0 fully saturated rings. The van der Waals surface area contributed by atoms with E-state index in [-0.39, 0.29) is 5.56 Å². The van der Waals surface area contributed by atoms with Crippen molar-refractivity contribution in [1.29, 1.82) is 5.26 Å². The van der Waals surface area contributed by atoms with Crippen molar-refractivity contribution in [3.63, 3.8) is 0 Å². The van der Waals surface area contributed by atoms with Crippen molar-refractivity contribution in [3.8, 4) is 17.6 Å². The molecule has 0 spiro atoms. The van der Waals surface area contributed by atoms with Gasteiger partial charge < -0.3 is 14.4 Å². The zero-order valence-electron chi connectivity index (χ0n) is 13.5. The molecule has 2 aromatic carbocycles. The van der Waals surface area contributed by atoms with Gasteiger partial charge in [0.1, 0.15) is 17.4 Å². The molecule has 5 heteroatoms. The lowest BCUT2D eigenvalue weighted by atomic mass is 10.1. The molecule has 0 aliphatic carbocycles. The molecule has 0 bridgehead atoms. The fourth-order valence-corrected chi connectivity index (χ4v) is 2.45. The van der Waals surface area contributed by atoms with Crippen molar-refractivity contribution in [1.82, 2.24) is 0 Å². The molecule has 4 nitrogen and oxygen atoms in total. The highest BCUT2D eigenvalue weighted by Crippen LogP contribution is 2.29. The minimum absolute atomic E-state index is 0.0647. The van der Waals surface area contributed by atoms with Gasteiger partial charge in [0.2, 0.25) is 0 Å². The van der Waals surface area contributed by atoms with Gasteiger partial charge in [-0.25, -0.2) is 4.39 Å². The van der Waals surface area contributed by atoms with Crippen LogP contribution in [0.3, 0.4) is 0 Å². The van der Waals surface area contributed by atoms with E-state index < -0.39 is 5.82 Å². The SMILES string of the molecule is CCN(Cc1ccc(OC)c(OC)c1)c1cccc(F)c1C#N. The van der Waals surface area contributed by atoms with Crippen LogP contribution in [0.5, 0.6) is 11.5 Å². The van der Waals surface area contributed by atoms with Gasteiger partial charge in [-0.3, -0.25) is 0 Å². The van der Waals surface area contributed by atoms with Gasteiger partial charge in [-0.1, -0.05) is 12.1 Å². The zero-order chi connectivity index (χ0) is 16.8. The van der Waals surface area contributed by atoms with Crippen LogP contribution >= 0.6 is 0 Å². The number of ether oxygens (including phenoxy) is 2. The van der Waals surface area contributed by atoms with E-state index in [4.69, 9.17) is 9.47 Å². The molecular weight excluding hydrogens is 295 g/mol. The molecule has 120 valence electrons. The first kappa shape index (κ1) is 16.6. The summed E-state index contributed by atoms with van der Waals surface area (Å²) in [5, 5.41) is 9.21. The zero-order valence-corrected chi connectivity index (χ0v) is 13.5. The average Bonchev–Trinajstić information content (AvgIpc) is 2.59. The standard InChI is InChI=1S/C18H19FN2O2/c1-4-21(16-7-5-6-15(19)14(16)11-20)12-13-8-9-17(22-2)18(10-13)23-3/h5-10H,4,12H2,1-3H3. The number of hydrogen-bond acceptors (Lipinski definition) is 4. The topological polar surface area (TPSA) is 45.5 Å². The Morgan fingerprint density at radius 3 is 2.48 bits per heavy atom. The van der Waals surface area contributed by atoms with Crippen LogP contribution in [-0.4, -0.2) is 20.8 Å². The molecule has 0 unspecified atom stereocenters. The molecular formula is C18H19FN2O2. The Morgan fingerprint density at radius 2 is 1.87 bits per heavy atom. The van der Waals surface area contributed by atoms with Gasteiger partial charge in [-0.2, -0.15) is 5.26 Å². The van der Waals surface area contributed by atoms with E-state index in [2.05, 4.69) is 0 Å². The number of anilines is 1. The van der Waals surface area contributed by atoms with Gasteiger partial charge in [-0.15, -0.1) is 0 Å². The maximum Gasteiger partial charge on any atom is 0.161 e. The van der Waals surface area contributed by atoms with Crippen molar-refractivity contribution in [2.24, 2.45) is 0 Å². The predicted octanol–water partition coefficient (Wildman–Crippen LogP) is 3.74. The van der Waals surface area contributed by atoms with Crippen LogP contribution in [0.15, 0.2) is 36.4 Å². The first-order valence-electron chi connectivity index (χ1n) is 7.29. The Hall–Kier alpha value is -2.74. The summed E-state index contributed by atoms with van der Waals surface area (Å²) in [6.07, 6.45) is 0. The highest BCUT2D eigenvalue weighted by atomic mass is 19.1. The minimum Gasteiger partial charge on any atom is -0.493 e. The van der Waals surface area contributed by atoms with E-state index in [1.54, 1.807) is 26.4 Å². The largest absolute Gasteiger partial charge is 0.493 e. The number of nitriles is 1. The third-order valence-corrected chi connectivity index (χ3v) is 3.65. The monoisotopic (exact) mass is 314 g/mol. The van der Waals surface area contributed by atoms with Gasteiger partial charge in [0.05, 0.1) is 19.9 Å². The molecule has 0 aliphatic heterocycles. The number of benzene rings is 2. The van der Waals surface area contributed by atoms with Crippen LogP contribution in [0, 0.1) is 17.1 Å². The van der Waals surface area contributed by atoms with Crippen molar-refractivity contribution in [2.45, 2.75) is 13.5 Å². The van der Waals surface area contributed by atoms with Crippen molar-refractivity contribution in [3.05, 3.63) is 53.3 Å². The second-order valence-corrected chi connectivity index (χ2v) is 4.95. The lowest BCUT2D eigenvalue weighted by Gasteiger charge is -2.24. The first-order chi connectivity index (χ1) is 11.1. The number of rotatable bonds is 6. The second kappa shape index (κ2) is 7.50. The molecule has 23 heavy (non-hydrogen) atoms. The van der Waals surface area contributed by atoms with E-state index in [1.165, 1.54) is 6.07 Å². The Labute approximate surface area is 135 Å². The fraction of sp³-hybridized carbons (Fsp3) is 0.278. The minimum atomic E-state index is -0.504. The Kier molecular flexibility index (Phi) is 5.42. The van der Waals surface area contributed by atoms with Crippen LogP contribution in [0.25, 0.3) is 0 Å². The molecule has 0 aromatic heterocycles. The number of methoxy groups -OCH3 is 2. The summed E-state index contributed by atoms with van der Waals surface area (Å²) in [6, 6.07) is 12.3. The summed E-state index contributed by atoms with van der Waals surface area (Å²) in [4.78, 5) is 1.95. The fourth-order valence-electron chi connectivity index (χ4n) is 2.45.